The molecule has 11 heteroatoms. The van der Waals surface area contributed by atoms with Crippen LogP contribution in [0.15, 0.2) is 46.6 Å². The predicted molar refractivity (Wildman–Crippen MR) is 127 cm³/mol. The number of benzene rings is 2. The van der Waals surface area contributed by atoms with Gasteiger partial charge in [-0.15, -0.1) is 5.10 Å². The summed E-state index contributed by atoms with van der Waals surface area (Å²) in [6.45, 7) is 0. The highest BCUT2D eigenvalue weighted by molar-refractivity contribution is 8.14. The fourth-order valence-corrected chi connectivity index (χ4v) is 4.01. The normalized spacial score (nSPS) is 16.4. The molecule has 2 amide bonds. The van der Waals surface area contributed by atoms with Gasteiger partial charge in [0.2, 0.25) is 17.6 Å². The molecular formula is C22H24N4O6S. The Morgan fingerprint density at radius 2 is 1.67 bits per heavy atom. The van der Waals surface area contributed by atoms with Gasteiger partial charge in [-0.05, 0) is 36.4 Å². The molecule has 1 aliphatic rings. The van der Waals surface area contributed by atoms with E-state index < -0.39 is 5.25 Å². The molecule has 0 bridgehead atoms. The zero-order valence-corrected chi connectivity index (χ0v) is 19.4. The number of imide groups is 1. The van der Waals surface area contributed by atoms with Crippen LogP contribution in [-0.4, -0.2) is 56.9 Å². The van der Waals surface area contributed by atoms with E-state index in [4.69, 9.17) is 24.7 Å². The van der Waals surface area contributed by atoms with E-state index in [9.17, 15) is 9.59 Å². The number of carbonyl (C=O) groups is 2. The molecule has 2 aromatic carbocycles. The van der Waals surface area contributed by atoms with Gasteiger partial charge in [0.05, 0.1) is 40.3 Å². The standard InChI is InChI=1S/C22H24N4O6S/c1-29-15-7-5-14(6-8-15)26-19(27)11-18(21(26)28)33-22(23)25-24-12-13-9-16(30-2)20(32-4)17(10-13)31-3/h5-10,12,18H,11H2,1-4H3,(H2,23,25)/b24-12+. The summed E-state index contributed by atoms with van der Waals surface area (Å²) in [6.07, 6.45) is 1.48. The second kappa shape index (κ2) is 10.7. The molecule has 2 aromatic rings. The van der Waals surface area contributed by atoms with Crippen LogP contribution in [0.3, 0.4) is 0 Å². The molecular weight excluding hydrogens is 448 g/mol. The zero-order chi connectivity index (χ0) is 24.0. The smallest absolute Gasteiger partial charge is 0.247 e. The molecule has 1 atom stereocenters. The van der Waals surface area contributed by atoms with Crippen molar-refractivity contribution in [2.24, 2.45) is 15.9 Å². The minimum absolute atomic E-state index is 0.0162. The molecule has 1 saturated heterocycles. The number of hydrogen-bond acceptors (Lipinski definition) is 9. The number of ether oxygens (including phenoxy) is 4. The molecule has 10 nitrogen and oxygen atoms in total. The van der Waals surface area contributed by atoms with Gasteiger partial charge in [0.15, 0.2) is 16.7 Å². The largest absolute Gasteiger partial charge is 0.497 e. The fraction of sp³-hybridized carbons (Fsp3) is 0.273. The Hall–Kier alpha value is -3.73. The average molecular weight is 473 g/mol. The zero-order valence-electron chi connectivity index (χ0n) is 18.6. The van der Waals surface area contributed by atoms with Crippen LogP contribution >= 0.6 is 11.8 Å². The van der Waals surface area contributed by atoms with E-state index in [2.05, 4.69) is 10.2 Å². The highest BCUT2D eigenvalue weighted by Crippen LogP contribution is 2.37. The second-order valence-corrected chi connectivity index (χ2v) is 7.94. The third-order valence-electron chi connectivity index (χ3n) is 4.75. The summed E-state index contributed by atoms with van der Waals surface area (Å²) >= 11 is 0.990. The topological polar surface area (TPSA) is 125 Å². The van der Waals surface area contributed by atoms with Crippen LogP contribution in [0.1, 0.15) is 12.0 Å². The van der Waals surface area contributed by atoms with Gasteiger partial charge in [0.1, 0.15) is 11.0 Å². The van der Waals surface area contributed by atoms with Crippen LogP contribution in [0, 0.1) is 0 Å². The van der Waals surface area contributed by atoms with Crippen LogP contribution in [0.4, 0.5) is 5.69 Å². The molecule has 0 radical (unpaired) electrons. The minimum Gasteiger partial charge on any atom is -0.497 e. The van der Waals surface area contributed by atoms with Gasteiger partial charge in [-0.3, -0.25) is 9.59 Å². The third-order valence-corrected chi connectivity index (χ3v) is 5.72. The van der Waals surface area contributed by atoms with E-state index in [1.807, 2.05) is 0 Å². The van der Waals surface area contributed by atoms with E-state index >= 15 is 0 Å². The van der Waals surface area contributed by atoms with Crippen LogP contribution in [-0.2, 0) is 9.59 Å². The molecule has 1 aliphatic heterocycles. The number of amidine groups is 1. The van der Waals surface area contributed by atoms with Crippen molar-refractivity contribution < 1.29 is 28.5 Å². The number of anilines is 1. The predicted octanol–water partition coefficient (Wildman–Crippen LogP) is 2.43. The van der Waals surface area contributed by atoms with Gasteiger partial charge in [0.25, 0.3) is 0 Å². The van der Waals surface area contributed by atoms with Crippen molar-refractivity contribution in [1.82, 2.24) is 0 Å². The number of rotatable bonds is 8. The molecule has 1 fully saturated rings. The number of carbonyl (C=O) groups excluding carboxylic acids is 2. The summed E-state index contributed by atoms with van der Waals surface area (Å²) in [5.41, 5.74) is 7.06. The monoisotopic (exact) mass is 472 g/mol. The molecule has 3 rings (SSSR count). The summed E-state index contributed by atoms with van der Waals surface area (Å²) in [5, 5.41) is 7.28. The first-order chi connectivity index (χ1) is 15.9. The molecule has 1 heterocycles. The Labute approximate surface area is 195 Å². The Kier molecular flexibility index (Phi) is 7.78. The number of nitrogens with two attached hydrogens (primary N) is 1. The van der Waals surface area contributed by atoms with Crippen LogP contribution in [0.5, 0.6) is 23.0 Å². The molecule has 0 aliphatic carbocycles. The maximum atomic E-state index is 12.8. The first-order valence-corrected chi connectivity index (χ1v) is 10.6. The van der Waals surface area contributed by atoms with Gasteiger partial charge in [-0.25, -0.2) is 4.90 Å². The Bertz CT molecular complexity index is 1060. The summed E-state index contributed by atoms with van der Waals surface area (Å²) < 4.78 is 21.0. The molecule has 174 valence electrons. The van der Waals surface area contributed by atoms with Gasteiger partial charge in [-0.2, -0.15) is 5.10 Å². The maximum absolute atomic E-state index is 12.8. The Balaban J connectivity index is 1.69. The number of methoxy groups -OCH3 is 4. The quantitative estimate of drug-likeness (QED) is 0.269. The number of nitrogens with zero attached hydrogens (tertiary/aromatic N) is 3. The van der Waals surface area contributed by atoms with Crippen LogP contribution < -0.4 is 29.6 Å². The third kappa shape index (κ3) is 5.37. The second-order valence-electron chi connectivity index (χ2n) is 6.72. The number of thioether (sulfide) groups is 1. The van der Waals surface area contributed by atoms with Gasteiger partial charge < -0.3 is 24.7 Å². The van der Waals surface area contributed by atoms with E-state index in [-0.39, 0.29) is 23.4 Å². The summed E-state index contributed by atoms with van der Waals surface area (Å²) in [6, 6.07) is 10.1. The average Bonchev–Trinajstić information content (AvgIpc) is 3.10. The molecule has 1 unspecified atom stereocenters. The first-order valence-electron chi connectivity index (χ1n) is 9.75. The summed E-state index contributed by atoms with van der Waals surface area (Å²) in [4.78, 5) is 26.3. The lowest BCUT2D eigenvalue weighted by Crippen LogP contribution is -2.31. The maximum Gasteiger partial charge on any atom is 0.247 e. The highest BCUT2D eigenvalue weighted by Gasteiger charge is 2.40. The van der Waals surface area contributed by atoms with Crippen molar-refractivity contribution in [2.45, 2.75) is 11.7 Å². The molecule has 2 N–H and O–H groups in total. The SMILES string of the molecule is COc1ccc(N2C(=O)CC(S/C(N)=N/N=C/c3cc(OC)c(OC)c(OC)c3)C2=O)cc1. The summed E-state index contributed by atoms with van der Waals surface area (Å²) in [5.74, 6) is 1.36. The molecule has 33 heavy (non-hydrogen) atoms. The van der Waals surface area contributed by atoms with E-state index in [1.165, 1.54) is 27.5 Å². The summed E-state index contributed by atoms with van der Waals surface area (Å²) in [7, 11) is 6.08. The molecule has 0 aromatic heterocycles. The highest BCUT2D eigenvalue weighted by atomic mass is 32.2. The van der Waals surface area contributed by atoms with Gasteiger partial charge in [-0.1, -0.05) is 11.8 Å². The van der Waals surface area contributed by atoms with Crippen LogP contribution in [0.25, 0.3) is 0 Å². The van der Waals surface area contributed by atoms with Crippen molar-refractivity contribution in [3.63, 3.8) is 0 Å². The van der Waals surface area contributed by atoms with Gasteiger partial charge >= 0.3 is 0 Å². The van der Waals surface area contributed by atoms with Crippen LogP contribution in [0.2, 0.25) is 0 Å². The number of amides is 2. The van der Waals surface area contributed by atoms with E-state index in [0.29, 0.717) is 34.2 Å². The van der Waals surface area contributed by atoms with E-state index in [1.54, 1.807) is 43.5 Å². The van der Waals surface area contributed by atoms with Crippen molar-refractivity contribution in [3.05, 3.63) is 42.0 Å². The van der Waals surface area contributed by atoms with Gasteiger partial charge in [0, 0.05) is 12.0 Å². The Morgan fingerprint density at radius 3 is 2.21 bits per heavy atom. The van der Waals surface area contributed by atoms with Crippen molar-refractivity contribution in [1.29, 1.82) is 0 Å². The van der Waals surface area contributed by atoms with Crippen molar-refractivity contribution in [3.8, 4) is 23.0 Å². The lowest BCUT2D eigenvalue weighted by molar-refractivity contribution is -0.121. The number of hydrogen-bond donors (Lipinski definition) is 1. The lowest BCUT2D eigenvalue weighted by atomic mass is 10.2. The minimum atomic E-state index is -0.681. The molecule has 0 saturated carbocycles. The molecule has 0 spiro atoms. The fourth-order valence-electron chi connectivity index (χ4n) is 3.20. The Morgan fingerprint density at radius 1 is 1.03 bits per heavy atom. The van der Waals surface area contributed by atoms with Crippen molar-refractivity contribution in [2.75, 3.05) is 33.3 Å². The van der Waals surface area contributed by atoms with Crippen molar-refractivity contribution >= 4 is 40.6 Å². The lowest BCUT2D eigenvalue weighted by Gasteiger charge is -2.15. The first kappa shape index (κ1) is 23.9. The van der Waals surface area contributed by atoms with E-state index in [0.717, 1.165) is 16.7 Å².